The minimum absolute atomic E-state index is 0.0803. The Morgan fingerprint density at radius 2 is 1.74 bits per heavy atom. The summed E-state index contributed by atoms with van der Waals surface area (Å²) in [7, 11) is 0. The van der Waals surface area contributed by atoms with Crippen molar-refractivity contribution < 1.29 is 14.7 Å². The summed E-state index contributed by atoms with van der Waals surface area (Å²) in [6, 6.07) is -0.350. The lowest BCUT2D eigenvalue weighted by Gasteiger charge is -2.21. The molecule has 1 amide bonds. The Morgan fingerprint density at radius 3 is 2.16 bits per heavy atom. The van der Waals surface area contributed by atoms with Crippen LogP contribution in [0.3, 0.4) is 0 Å². The van der Waals surface area contributed by atoms with Crippen molar-refractivity contribution in [1.82, 2.24) is 5.32 Å². The third-order valence-electron chi connectivity index (χ3n) is 3.75. The fraction of sp³-hybridized carbons (Fsp3) is 0.857. The Morgan fingerprint density at radius 1 is 1.16 bits per heavy atom. The van der Waals surface area contributed by atoms with Gasteiger partial charge in [-0.15, -0.1) is 0 Å². The van der Waals surface area contributed by atoms with E-state index in [2.05, 4.69) is 19.2 Å². The third kappa shape index (κ3) is 7.15. The van der Waals surface area contributed by atoms with Crippen molar-refractivity contribution in [2.24, 2.45) is 23.5 Å². The average Bonchev–Trinajstić information content (AvgIpc) is 2.32. The highest BCUT2D eigenvalue weighted by atomic mass is 16.4. The molecule has 3 unspecified atom stereocenters. The number of nitrogens with one attached hydrogen (secondary N) is 1. The molecule has 0 aromatic rings. The largest absolute Gasteiger partial charge is 0.481 e. The molecule has 0 aromatic heterocycles. The summed E-state index contributed by atoms with van der Waals surface area (Å²) in [5.41, 5.74) is 5.56. The molecule has 0 aromatic carbocycles. The van der Waals surface area contributed by atoms with Gasteiger partial charge in [0.25, 0.3) is 0 Å². The van der Waals surface area contributed by atoms with Crippen molar-refractivity contribution in [3.8, 4) is 0 Å². The molecule has 0 aliphatic heterocycles. The first-order valence-corrected chi connectivity index (χ1v) is 7.01. The maximum Gasteiger partial charge on any atom is 0.308 e. The highest BCUT2D eigenvalue weighted by Crippen LogP contribution is 2.20. The standard InChI is InChI=1S/C14H28N2O3/c1-9(2)12(7-8-15)5-6-13(17)16-11(4)10(3)14(18)19/h9-12H,5-8,15H2,1-4H3,(H,16,17)(H,18,19). The number of amides is 1. The Labute approximate surface area is 115 Å². The number of rotatable bonds is 9. The molecule has 0 heterocycles. The molecule has 0 spiro atoms. The van der Waals surface area contributed by atoms with Gasteiger partial charge in [0.15, 0.2) is 0 Å². The molecule has 0 fully saturated rings. The molecule has 0 saturated heterocycles. The van der Waals surface area contributed by atoms with Gasteiger partial charge in [0.05, 0.1) is 5.92 Å². The molecule has 0 aliphatic carbocycles. The van der Waals surface area contributed by atoms with E-state index in [1.54, 1.807) is 13.8 Å². The maximum atomic E-state index is 11.8. The SMILES string of the molecule is CC(C)C(CCN)CCC(=O)NC(C)C(C)C(=O)O. The average molecular weight is 272 g/mol. The fourth-order valence-corrected chi connectivity index (χ4v) is 2.01. The molecule has 3 atom stereocenters. The van der Waals surface area contributed by atoms with Crippen LogP contribution in [0.15, 0.2) is 0 Å². The van der Waals surface area contributed by atoms with Gasteiger partial charge in [-0.1, -0.05) is 13.8 Å². The lowest BCUT2D eigenvalue weighted by Crippen LogP contribution is -2.40. The zero-order valence-electron chi connectivity index (χ0n) is 12.5. The Kier molecular flexibility index (Phi) is 8.39. The van der Waals surface area contributed by atoms with Gasteiger partial charge in [-0.2, -0.15) is 0 Å². The molecule has 5 heteroatoms. The van der Waals surface area contributed by atoms with E-state index in [-0.39, 0.29) is 11.9 Å². The Bertz CT molecular complexity index is 292. The molecular formula is C14H28N2O3. The van der Waals surface area contributed by atoms with Crippen LogP contribution in [0.5, 0.6) is 0 Å². The first-order valence-electron chi connectivity index (χ1n) is 7.01. The van der Waals surface area contributed by atoms with Crippen LogP contribution in [0.2, 0.25) is 0 Å². The Balaban J connectivity index is 4.13. The molecule has 112 valence electrons. The molecule has 5 nitrogen and oxygen atoms in total. The van der Waals surface area contributed by atoms with Gasteiger partial charge in [0.1, 0.15) is 0 Å². The van der Waals surface area contributed by atoms with Crippen LogP contribution >= 0.6 is 0 Å². The predicted octanol–water partition coefficient (Wildman–Crippen LogP) is 1.61. The van der Waals surface area contributed by atoms with Crippen molar-refractivity contribution >= 4 is 11.9 Å². The second kappa shape index (κ2) is 8.91. The topological polar surface area (TPSA) is 92.4 Å². The van der Waals surface area contributed by atoms with Gasteiger partial charge < -0.3 is 16.2 Å². The number of hydrogen-bond acceptors (Lipinski definition) is 3. The van der Waals surface area contributed by atoms with E-state index >= 15 is 0 Å². The lowest BCUT2D eigenvalue weighted by atomic mass is 9.88. The summed E-state index contributed by atoms with van der Waals surface area (Å²) in [6.45, 7) is 8.22. The van der Waals surface area contributed by atoms with Gasteiger partial charge in [0.2, 0.25) is 5.91 Å². The molecule has 0 saturated carbocycles. The molecule has 0 aliphatic rings. The second-order valence-corrected chi connectivity index (χ2v) is 5.60. The highest BCUT2D eigenvalue weighted by Gasteiger charge is 2.21. The second-order valence-electron chi connectivity index (χ2n) is 5.60. The van der Waals surface area contributed by atoms with Gasteiger partial charge in [-0.25, -0.2) is 0 Å². The first-order chi connectivity index (χ1) is 8.79. The molecule has 0 radical (unpaired) electrons. The van der Waals surface area contributed by atoms with Gasteiger partial charge in [-0.3, -0.25) is 9.59 Å². The molecule has 19 heavy (non-hydrogen) atoms. The van der Waals surface area contributed by atoms with E-state index in [0.717, 1.165) is 12.8 Å². The number of carboxylic acids is 1. The zero-order chi connectivity index (χ0) is 15.0. The predicted molar refractivity (Wildman–Crippen MR) is 75.6 cm³/mol. The third-order valence-corrected chi connectivity index (χ3v) is 3.75. The minimum atomic E-state index is -0.893. The van der Waals surface area contributed by atoms with Crippen LogP contribution in [0, 0.1) is 17.8 Å². The van der Waals surface area contributed by atoms with Crippen molar-refractivity contribution in [2.45, 2.75) is 53.0 Å². The van der Waals surface area contributed by atoms with Gasteiger partial charge >= 0.3 is 5.97 Å². The molecular weight excluding hydrogens is 244 g/mol. The summed E-state index contributed by atoms with van der Waals surface area (Å²) in [5, 5.41) is 11.6. The molecule has 0 bridgehead atoms. The van der Waals surface area contributed by atoms with Crippen LogP contribution in [0.25, 0.3) is 0 Å². The molecule has 0 rings (SSSR count). The number of nitrogens with two attached hydrogens (primary N) is 1. The van der Waals surface area contributed by atoms with Crippen molar-refractivity contribution in [1.29, 1.82) is 0 Å². The van der Waals surface area contributed by atoms with Crippen LogP contribution < -0.4 is 11.1 Å². The van der Waals surface area contributed by atoms with Crippen molar-refractivity contribution in [2.75, 3.05) is 6.54 Å². The van der Waals surface area contributed by atoms with Crippen LogP contribution in [-0.2, 0) is 9.59 Å². The lowest BCUT2D eigenvalue weighted by molar-refractivity contribution is -0.142. The fourth-order valence-electron chi connectivity index (χ4n) is 2.01. The quantitative estimate of drug-likeness (QED) is 0.594. The number of carbonyl (C=O) groups is 2. The summed E-state index contributed by atoms with van der Waals surface area (Å²) in [6.07, 6.45) is 2.15. The zero-order valence-corrected chi connectivity index (χ0v) is 12.5. The number of hydrogen-bond donors (Lipinski definition) is 3. The summed E-state index contributed by atoms with van der Waals surface area (Å²) in [5.74, 6) is -0.595. The molecule has 4 N–H and O–H groups in total. The number of carboxylic acid groups (broad SMARTS) is 1. The van der Waals surface area contributed by atoms with E-state index in [0.29, 0.717) is 24.8 Å². The van der Waals surface area contributed by atoms with Gasteiger partial charge in [0, 0.05) is 12.5 Å². The van der Waals surface area contributed by atoms with E-state index in [4.69, 9.17) is 10.8 Å². The first kappa shape index (κ1) is 17.9. The number of aliphatic carboxylic acids is 1. The smallest absolute Gasteiger partial charge is 0.308 e. The summed E-state index contributed by atoms with van der Waals surface area (Å²) >= 11 is 0. The van der Waals surface area contributed by atoms with Gasteiger partial charge in [-0.05, 0) is 45.1 Å². The van der Waals surface area contributed by atoms with E-state index < -0.39 is 11.9 Å². The monoisotopic (exact) mass is 272 g/mol. The van der Waals surface area contributed by atoms with E-state index in [1.807, 2.05) is 0 Å². The van der Waals surface area contributed by atoms with Crippen LogP contribution in [-0.4, -0.2) is 29.6 Å². The van der Waals surface area contributed by atoms with Crippen LogP contribution in [0.1, 0.15) is 47.0 Å². The van der Waals surface area contributed by atoms with E-state index in [1.165, 1.54) is 0 Å². The van der Waals surface area contributed by atoms with Crippen molar-refractivity contribution in [3.63, 3.8) is 0 Å². The highest BCUT2D eigenvalue weighted by molar-refractivity contribution is 5.77. The minimum Gasteiger partial charge on any atom is -0.481 e. The maximum absolute atomic E-state index is 11.8. The van der Waals surface area contributed by atoms with E-state index in [9.17, 15) is 9.59 Å². The number of carbonyl (C=O) groups excluding carboxylic acids is 1. The summed E-state index contributed by atoms with van der Waals surface area (Å²) < 4.78 is 0. The van der Waals surface area contributed by atoms with Crippen LogP contribution in [0.4, 0.5) is 0 Å². The Hall–Kier alpha value is -1.10. The normalized spacial score (nSPS) is 15.9. The summed E-state index contributed by atoms with van der Waals surface area (Å²) in [4.78, 5) is 22.6. The van der Waals surface area contributed by atoms with Crippen molar-refractivity contribution in [3.05, 3.63) is 0 Å².